The van der Waals surface area contributed by atoms with Gasteiger partial charge in [-0.2, -0.15) is 0 Å². The number of rotatable bonds is 2. The molecule has 1 amide bonds. The zero-order valence-electron chi connectivity index (χ0n) is 11.0. The van der Waals surface area contributed by atoms with Gasteiger partial charge in [0.2, 0.25) is 5.91 Å². The summed E-state index contributed by atoms with van der Waals surface area (Å²) in [5.74, 6) is -0.946. The van der Waals surface area contributed by atoms with Gasteiger partial charge in [-0.05, 0) is 39.3 Å². The van der Waals surface area contributed by atoms with Crippen LogP contribution in [0.2, 0.25) is 0 Å². The summed E-state index contributed by atoms with van der Waals surface area (Å²) in [6.45, 7) is 3.55. The van der Waals surface area contributed by atoms with Crippen LogP contribution >= 0.6 is 0 Å². The van der Waals surface area contributed by atoms with E-state index in [0.717, 1.165) is 39.0 Å². The SMILES string of the molecule is CN1CCCN(C(=O)[C@H]2CC[C@@H](C(=O)O)C2)CC1. The Bertz CT molecular complexity index is 332. The molecule has 102 valence electrons. The van der Waals surface area contributed by atoms with Crippen LogP contribution in [0.5, 0.6) is 0 Å². The first-order chi connectivity index (χ1) is 8.58. The fourth-order valence-electron chi connectivity index (χ4n) is 2.96. The molecule has 2 atom stereocenters. The van der Waals surface area contributed by atoms with E-state index in [1.807, 2.05) is 4.90 Å². The summed E-state index contributed by atoms with van der Waals surface area (Å²) in [5.41, 5.74) is 0. The minimum atomic E-state index is -0.749. The highest BCUT2D eigenvalue weighted by molar-refractivity contribution is 5.81. The van der Waals surface area contributed by atoms with Gasteiger partial charge in [0.25, 0.3) is 0 Å². The van der Waals surface area contributed by atoms with Crippen molar-refractivity contribution in [3.8, 4) is 0 Å². The highest BCUT2D eigenvalue weighted by Gasteiger charge is 2.35. The Morgan fingerprint density at radius 1 is 1.06 bits per heavy atom. The Morgan fingerprint density at radius 2 is 1.78 bits per heavy atom. The van der Waals surface area contributed by atoms with Crippen molar-refractivity contribution in [1.82, 2.24) is 9.80 Å². The van der Waals surface area contributed by atoms with Gasteiger partial charge in [0.1, 0.15) is 0 Å². The summed E-state index contributed by atoms with van der Waals surface area (Å²) in [4.78, 5) is 27.4. The largest absolute Gasteiger partial charge is 0.481 e. The van der Waals surface area contributed by atoms with Crippen LogP contribution in [0.25, 0.3) is 0 Å². The molecular formula is C13H22N2O3. The summed E-state index contributed by atoms with van der Waals surface area (Å²) in [5, 5.41) is 8.97. The quantitative estimate of drug-likeness (QED) is 0.786. The Kier molecular flexibility index (Phi) is 4.22. The fraction of sp³-hybridized carbons (Fsp3) is 0.846. The predicted octanol–water partition coefficient (Wildman–Crippen LogP) is 0.651. The summed E-state index contributed by atoms with van der Waals surface area (Å²) in [6.07, 6.45) is 2.93. The molecule has 0 aromatic carbocycles. The molecule has 1 N–H and O–H groups in total. The van der Waals surface area contributed by atoms with Crippen molar-refractivity contribution in [1.29, 1.82) is 0 Å². The maximum absolute atomic E-state index is 12.3. The number of nitrogens with zero attached hydrogens (tertiary/aromatic N) is 2. The van der Waals surface area contributed by atoms with E-state index in [-0.39, 0.29) is 17.7 Å². The molecule has 1 saturated carbocycles. The van der Waals surface area contributed by atoms with Crippen LogP contribution in [0.3, 0.4) is 0 Å². The van der Waals surface area contributed by atoms with Gasteiger partial charge in [-0.1, -0.05) is 0 Å². The average molecular weight is 254 g/mol. The molecule has 0 spiro atoms. The molecule has 18 heavy (non-hydrogen) atoms. The number of carboxylic acids is 1. The predicted molar refractivity (Wildman–Crippen MR) is 67.2 cm³/mol. The number of carbonyl (C=O) groups excluding carboxylic acids is 1. The normalized spacial score (nSPS) is 30.2. The topological polar surface area (TPSA) is 60.9 Å². The molecule has 1 aliphatic heterocycles. The molecule has 0 bridgehead atoms. The second-order valence-electron chi connectivity index (χ2n) is 5.53. The molecule has 2 aliphatic rings. The van der Waals surface area contributed by atoms with E-state index in [0.29, 0.717) is 12.8 Å². The number of hydrogen-bond donors (Lipinski definition) is 1. The standard InChI is InChI=1S/C13H22N2O3/c1-14-5-2-6-15(8-7-14)12(16)10-3-4-11(9-10)13(17)18/h10-11H,2-9H2,1H3,(H,17,18)/t10-,11+/m0/s1. The number of hydrogen-bond acceptors (Lipinski definition) is 3. The zero-order valence-corrected chi connectivity index (χ0v) is 11.0. The van der Waals surface area contributed by atoms with Crippen molar-refractivity contribution in [3.63, 3.8) is 0 Å². The average Bonchev–Trinajstić information content (AvgIpc) is 2.73. The fourth-order valence-corrected chi connectivity index (χ4v) is 2.96. The Balaban J connectivity index is 1.89. The Morgan fingerprint density at radius 3 is 2.44 bits per heavy atom. The van der Waals surface area contributed by atoms with Crippen molar-refractivity contribution >= 4 is 11.9 Å². The maximum Gasteiger partial charge on any atom is 0.306 e. The third-order valence-electron chi connectivity index (χ3n) is 4.16. The molecule has 0 aromatic rings. The number of aliphatic carboxylic acids is 1. The van der Waals surface area contributed by atoms with E-state index in [9.17, 15) is 9.59 Å². The first-order valence-electron chi connectivity index (χ1n) is 6.78. The molecule has 1 heterocycles. The minimum Gasteiger partial charge on any atom is -0.481 e. The summed E-state index contributed by atoms with van der Waals surface area (Å²) >= 11 is 0. The van der Waals surface area contributed by atoms with E-state index < -0.39 is 5.97 Å². The highest BCUT2D eigenvalue weighted by Crippen LogP contribution is 2.32. The van der Waals surface area contributed by atoms with Crippen LogP contribution in [0.15, 0.2) is 0 Å². The molecule has 0 radical (unpaired) electrons. The van der Waals surface area contributed by atoms with Crippen molar-refractivity contribution in [2.45, 2.75) is 25.7 Å². The third kappa shape index (κ3) is 3.02. The molecular weight excluding hydrogens is 232 g/mol. The second-order valence-corrected chi connectivity index (χ2v) is 5.53. The molecule has 2 rings (SSSR count). The van der Waals surface area contributed by atoms with Gasteiger partial charge < -0.3 is 14.9 Å². The lowest BCUT2D eigenvalue weighted by atomic mass is 10.0. The van der Waals surface area contributed by atoms with Gasteiger partial charge in [-0.15, -0.1) is 0 Å². The molecule has 0 aromatic heterocycles. The number of carboxylic acid groups (broad SMARTS) is 1. The molecule has 2 fully saturated rings. The van der Waals surface area contributed by atoms with Gasteiger partial charge in [0.05, 0.1) is 5.92 Å². The lowest BCUT2D eigenvalue weighted by Crippen LogP contribution is -2.38. The monoisotopic (exact) mass is 254 g/mol. The van der Waals surface area contributed by atoms with Crippen molar-refractivity contribution in [2.75, 3.05) is 33.2 Å². The van der Waals surface area contributed by atoms with E-state index in [2.05, 4.69) is 11.9 Å². The maximum atomic E-state index is 12.3. The van der Waals surface area contributed by atoms with Gasteiger partial charge in [0, 0.05) is 25.6 Å². The van der Waals surface area contributed by atoms with Crippen LogP contribution < -0.4 is 0 Å². The minimum absolute atomic E-state index is 0.0606. The van der Waals surface area contributed by atoms with Gasteiger partial charge >= 0.3 is 5.97 Å². The molecule has 1 aliphatic carbocycles. The van der Waals surface area contributed by atoms with Crippen LogP contribution in [-0.4, -0.2) is 60.0 Å². The van der Waals surface area contributed by atoms with Crippen LogP contribution in [0.4, 0.5) is 0 Å². The molecule has 0 unspecified atom stereocenters. The molecule has 5 nitrogen and oxygen atoms in total. The van der Waals surface area contributed by atoms with Crippen LogP contribution in [0, 0.1) is 11.8 Å². The Labute approximate surface area is 108 Å². The van der Waals surface area contributed by atoms with Gasteiger partial charge in [-0.3, -0.25) is 9.59 Å². The first kappa shape index (κ1) is 13.3. The van der Waals surface area contributed by atoms with E-state index in [1.165, 1.54) is 0 Å². The lowest BCUT2D eigenvalue weighted by molar-refractivity contribution is -0.141. The summed E-state index contributed by atoms with van der Waals surface area (Å²) in [6, 6.07) is 0. The van der Waals surface area contributed by atoms with E-state index >= 15 is 0 Å². The molecule has 1 saturated heterocycles. The number of likely N-dealkylation sites (N-methyl/N-ethyl adjacent to an activating group) is 1. The first-order valence-corrected chi connectivity index (χ1v) is 6.78. The third-order valence-corrected chi connectivity index (χ3v) is 4.16. The van der Waals surface area contributed by atoms with Gasteiger partial charge in [-0.25, -0.2) is 0 Å². The van der Waals surface area contributed by atoms with Crippen molar-refractivity contribution in [3.05, 3.63) is 0 Å². The Hall–Kier alpha value is -1.10. The summed E-state index contributed by atoms with van der Waals surface area (Å²) in [7, 11) is 2.07. The van der Waals surface area contributed by atoms with Crippen LogP contribution in [0.1, 0.15) is 25.7 Å². The highest BCUT2D eigenvalue weighted by atomic mass is 16.4. The number of amides is 1. The number of carbonyl (C=O) groups is 2. The summed E-state index contributed by atoms with van der Waals surface area (Å²) < 4.78 is 0. The van der Waals surface area contributed by atoms with E-state index in [4.69, 9.17) is 5.11 Å². The lowest BCUT2D eigenvalue weighted by Gasteiger charge is -2.24. The molecule has 5 heteroatoms. The second kappa shape index (κ2) is 5.69. The smallest absolute Gasteiger partial charge is 0.306 e. The zero-order chi connectivity index (χ0) is 13.1. The van der Waals surface area contributed by atoms with Crippen molar-refractivity contribution < 1.29 is 14.7 Å². The van der Waals surface area contributed by atoms with E-state index in [1.54, 1.807) is 0 Å². The van der Waals surface area contributed by atoms with Crippen LogP contribution in [-0.2, 0) is 9.59 Å². The van der Waals surface area contributed by atoms with Gasteiger partial charge in [0.15, 0.2) is 0 Å². The van der Waals surface area contributed by atoms with Crippen molar-refractivity contribution in [2.24, 2.45) is 11.8 Å².